The molecule has 0 fully saturated rings. The summed E-state index contributed by atoms with van der Waals surface area (Å²) in [4.78, 5) is 5.95. The van der Waals surface area contributed by atoms with Crippen molar-refractivity contribution in [2.24, 2.45) is 0 Å². The number of nitrogens with zero attached hydrogens (tertiary/aromatic N) is 2. The van der Waals surface area contributed by atoms with E-state index in [0.717, 1.165) is 21.1 Å². The van der Waals surface area contributed by atoms with Crippen molar-refractivity contribution >= 4 is 23.6 Å². The third kappa shape index (κ3) is 2.44. The molecule has 0 atom stereocenters. The molecule has 0 aliphatic heterocycles. The molecule has 4 nitrogen and oxygen atoms in total. The number of hydrogen-bond acceptors (Lipinski definition) is 5. The van der Waals surface area contributed by atoms with E-state index in [4.69, 9.17) is 21.6 Å². The number of H-pyrrole nitrogens is 1. The molecule has 0 radical (unpaired) electrons. The second kappa shape index (κ2) is 5.30. The highest BCUT2D eigenvalue weighted by atomic mass is 32.1. The molecule has 0 aliphatic carbocycles. The van der Waals surface area contributed by atoms with Crippen molar-refractivity contribution < 1.29 is 4.42 Å². The van der Waals surface area contributed by atoms with Crippen LogP contribution >= 0.6 is 23.6 Å². The minimum atomic E-state index is 0.282. The van der Waals surface area contributed by atoms with Crippen molar-refractivity contribution in [3.8, 4) is 21.3 Å². The van der Waals surface area contributed by atoms with Crippen LogP contribution in [0.25, 0.3) is 21.3 Å². The van der Waals surface area contributed by atoms with E-state index in [2.05, 4.69) is 24.0 Å². The average molecular weight is 303 g/mol. The number of nitrogens with one attached hydrogen (secondary N) is 1. The molecule has 0 unspecified atom stereocenters. The third-order valence-electron chi connectivity index (χ3n) is 2.85. The van der Waals surface area contributed by atoms with Gasteiger partial charge < -0.3 is 4.42 Å². The zero-order valence-corrected chi connectivity index (χ0v) is 12.7. The lowest BCUT2D eigenvalue weighted by molar-refractivity contribution is 0.552. The summed E-state index contributed by atoms with van der Waals surface area (Å²) in [5, 5.41) is 7.74. The Kier molecular flexibility index (Phi) is 3.50. The molecular weight excluding hydrogens is 290 g/mol. The standard InChI is InChI=1S/C14H13N3OS2/c1-8(2)10-11(12-16-17-14(19)18-12)20-13(15-10)9-6-4-3-5-7-9/h3-8H,1-2H3,(H,17,19). The van der Waals surface area contributed by atoms with E-state index in [-0.39, 0.29) is 4.84 Å². The van der Waals surface area contributed by atoms with Gasteiger partial charge in [-0.05, 0) is 18.1 Å². The molecule has 2 aromatic heterocycles. The molecule has 0 saturated carbocycles. The first kappa shape index (κ1) is 13.2. The summed E-state index contributed by atoms with van der Waals surface area (Å²) in [5.74, 6) is 0.803. The lowest BCUT2D eigenvalue weighted by atomic mass is 10.1. The van der Waals surface area contributed by atoms with Crippen molar-refractivity contribution in [1.82, 2.24) is 15.2 Å². The first-order valence-electron chi connectivity index (χ1n) is 6.27. The summed E-state index contributed by atoms with van der Waals surface area (Å²) >= 11 is 6.52. The average Bonchev–Trinajstić information content (AvgIpc) is 3.05. The quantitative estimate of drug-likeness (QED) is 0.716. The van der Waals surface area contributed by atoms with Gasteiger partial charge in [0.2, 0.25) is 0 Å². The molecule has 0 saturated heterocycles. The highest BCUT2D eigenvalue weighted by molar-refractivity contribution is 7.71. The highest BCUT2D eigenvalue weighted by Gasteiger charge is 2.20. The van der Waals surface area contributed by atoms with Gasteiger partial charge in [0.05, 0.1) is 5.69 Å². The molecule has 6 heteroatoms. The predicted molar refractivity (Wildman–Crippen MR) is 82.3 cm³/mol. The number of rotatable bonds is 3. The normalized spacial score (nSPS) is 11.2. The van der Waals surface area contributed by atoms with Gasteiger partial charge >= 0.3 is 0 Å². The molecule has 2 heterocycles. The Morgan fingerprint density at radius 2 is 2.00 bits per heavy atom. The minimum Gasteiger partial charge on any atom is -0.408 e. The minimum absolute atomic E-state index is 0.282. The van der Waals surface area contributed by atoms with Crippen LogP contribution in [0.2, 0.25) is 0 Å². The van der Waals surface area contributed by atoms with Gasteiger partial charge in [0.15, 0.2) is 0 Å². The van der Waals surface area contributed by atoms with Crippen LogP contribution in [0.3, 0.4) is 0 Å². The van der Waals surface area contributed by atoms with Crippen LogP contribution < -0.4 is 0 Å². The van der Waals surface area contributed by atoms with Crippen LogP contribution in [0.15, 0.2) is 34.7 Å². The maximum Gasteiger partial charge on any atom is 0.284 e. The van der Waals surface area contributed by atoms with E-state index in [1.165, 1.54) is 0 Å². The Morgan fingerprint density at radius 1 is 1.25 bits per heavy atom. The molecule has 3 rings (SSSR count). The van der Waals surface area contributed by atoms with Crippen LogP contribution in [0.1, 0.15) is 25.5 Å². The zero-order chi connectivity index (χ0) is 14.1. The summed E-state index contributed by atoms with van der Waals surface area (Å²) in [5.41, 5.74) is 2.08. The number of aromatic nitrogens is 3. The monoisotopic (exact) mass is 303 g/mol. The first-order chi connectivity index (χ1) is 9.65. The summed E-state index contributed by atoms with van der Waals surface area (Å²) in [6, 6.07) is 10.1. The Balaban J connectivity index is 2.14. The van der Waals surface area contributed by atoms with E-state index < -0.39 is 0 Å². The maximum atomic E-state index is 5.43. The van der Waals surface area contributed by atoms with Gasteiger partial charge in [0.25, 0.3) is 10.7 Å². The van der Waals surface area contributed by atoms with Crippen molar-refractivity contribution in [2.75, 3.05) is 0 Å². The number of aromatic amines is 1. The first-order valence-corrected chi connectivity index (χ1v) is 7.49. The summed E-state index contributed by atoms with van der Waals surface area (Å²) < 4.78 is 5.43. The fourth-order valence-electron chi connectivity index (χ4n) is 1.91. The lowest BCUT2D eigenvalue weighted by Gasteiger charge is -2.00. The summed E-state index contributed by atoms with van der Waals surface area (Å²) in [6.07, 6.45) is 0. The molecule has 0 aliphatic rings. The molecule has 20 heavy (non-hydrogen) atoms. The smallest absolute Gasteiger partial charge is 0.284 e. The molecule has 1 N–H and O–H groups in total. The van der Waals surface area contributed by atoms with Gasteiger partial charge in [-0.15, -0.1) is 16.4 Å². The van der Waals surface area contributed by atoms with Crippen LogP contribution in [-0.4, -0.2) is 15.2 Å². The van der Waals surface area contributed by atoms with Crippen LogP contribution in [0, 0.1) is 4.84 Å². The van der Waals surface area contributed by atoms with Gasteiger partial charge in [-0.2, -0.15) is 0 Å². The largest absolute Gasteiger partial charge is 0.408 e. The second-order valence-corrected chi connectivity index (χ2v) is 6.04. The van der Waals surface area contributed by atoms with Gasteiger partial charge in [-0.25, -0.2) is 10.1 Å². The Labute approximate surface area is 125 Å². The van der Waals surface area contributed by atoms with Gasteiger partial charge in [-0.1, -0.05) is 44.2 Å². The lowest BCUT2D eigenvalue weighted by Crippen LogP contribution is -1.90. The van der Waals surface area contributed by atoms with Gasteiger partial charge in [0.1, 0.15) is 9.88 Å². The number of hydrogen-bond donors (Lipinski definition) is 1. The molecule has 1 aromatic carbocycles. The van der Waals surface area contributed by atoms with Crippen molar-refractivity contribution in [1.29, 1.82) is 0 Å². The maximum absolute atomic E-state index is 5.43. The predicted octanol–water partition coefficient (Wildman–Crippen LogP) is 4.65. The Morgan fingerprint density at radius 3 is 2.60 bits per heavy atom. The van der Waals surface area contributed by atoms with E-state index in [1.54, 1.807) is 11.3 Å². The zero-order valence-electron chi connectivity index (χ0n) is 11.1. The highest BCUT2D eigenvalue weighted by Crippen LogP contribution is 2.37. The molecular formula is C14H13N3OS2. The molecule has 3 aromatic rings. The van der Waals surface area contributed by atoms with E-state index in [0.29, 0.717) is 11.8 Å². The SMILES string of the molecule is CC(C)c1nc(-c2ccccc2)sc1-c1n[nH]c(=S)o1. The molecule has 102 valence electrons. The molecule has 0 amide bonds. The molecule has 0 spiro atoms. The van der Waals surface area contributed by atoms with Crippen LogP contribution in [0.4, 0.5) is 0 Å². The topological polar surface area (TPSA) is 54.7 Å². The van der Waals surface area contributed by atoms with Crippen LogP contribution in [-0.2, 0) is 0 Å². The van der Waals surface area contributed by atoms with Gasteiger partial charge in [-0.3, -0.25) is 0 Å². The van der Waals surface area contributed by atoms with E-state index in [9.17, 15) is 0 Å². The second-order valence-electron chi connectivity index (χ2n) is 4.67. The Bertz CT molecular complexity index is 771. The van der Waals surface area contributed by atoms with Gasteiger partial charge in [0, 0.05) is 5.56 Å². The number of thiazole rings is 1. The summed E-state index contributed by atoms with van der Waals surface area (Å²) in [6.45, 7) is 4.21. The summed E-state index contributed by atoms with van der Waals surface area (Å²) in [7, 11) is 0. The fourth-order valence-corrected chi connectivity index (χ4v) is 3.18. The van der Waals surface area contributed by atoms with E-state index in [1.807, 2.05) is 30.3 Å². The van der Waals surface area contributed by atoms with Crippen molar-refractivity contribution in [3.05, 3.63) is 40.9 Å². The van der Waals surface area contributed by atoms with E-state index >= 15 is 0 Å². The number of benzene rings is 1. The van der Waals surface area contributed by atoms with Crippen LogP contribution in [0.5, 0.6) is 0 Å². The van der Waals surface area contributed by atoms with Crippen molar-refractivity contribution in [2.45, 2.75) is 19.8 Å². The Hall–Kier alpha value is -1.79. The molecule has 0 bridgehead atoms. The third-order valence-corrected chi connectivity index (χ3v) is 4.14. The fraction of sp³-hybridized carbons (Fsp3) is 0.214. The van der Waals surface area contributed by atoms with Crippen molar-refractivity contribution in [3.63, 3.8) is 0 Å².